The van der Waals surface area contributed by atoms with Gasteiger partial charge >= 0.3 is 0 Å². The molecular weight excluding hydrogens is 254 g/mol. The van der Waals surface area contributed by atoms with Crippen LogP contribution in [0.25, 0.3) is 11.3 Å². The molecule has 0 aliphatic carbocycles. The Morgan fingerprint density at radius 2 is 1.73 bits per heavy atom. The average molecular weight is 266 g/mol. The van der Waals surface area contributed by atoms with Crippen molar-refractivity contribution in [2.24, 2.45) is 0 Å². The molecule has 2 nitrogen and oxygen atoms in total. The Hall–Kier alpha value is -1.09. The van der Waals surface area contributed by atoms with Crippen LogP contribution >= 0.6 is 15.9 Å². The summed E-state index contributed by atoms with van der Waals surface area (Å²) in [6.07, 6.45) is 1.68. The molecule has 2 rings (SSSR count). The van der Waals surface area contributed by atoms with Crippen LogP contribution in [0, 0.1) is 20.8 Å². The fourth-order valence-corrected chi connectivity index (χ4v) is 2.24. The van der Waals surface area contributed by atoms with E-state index in [1.54, 1.807) is 6.26 Å². The van der Waals surface area contributed by atoms with Gasteiger partial charge in [0.05, 0.1) is 0 Å². The Balaban J connectivity index is 2.62. The molecular formula is C12H12BrNO. The third kappa shape index (κ3) is 1.97. The molecule has 0 atom stereocenters. The number of aromatic nitrogens is 1. The van der Waals surface area contributed by atoms with Gasteiger partial charge in [-0.3, -0.25) is 0 Å². The lowest BCUT2D eigenvalue weighted by molar-refractivity contribution is 0.529. The van der Waals surface area contributed by atoms with Gasteiger partial charge in [-0.05, 0) is 31.9 Å². The monoisotopic (exact) mass is 265 g/mol. The standard InChI is InChI=1S/C12H12BrNO/c1-7-4-8(2)11(9(3)5-7)10-6-15-12(13)14-10/h4-6H,1-3H3. The van der Waals surface area contributed by atoms with Crippen molar-refractivity contribution in [3.05, 3.63) is 39.9 Å². The number of oxazole rings is 1. The summed E-state index contributed by atoms with van der Waals surface area (Å²) in [7, 11) is 0. The second kappa shape index (κ2) is 3.81. The van der Waals surface area contributed by atoms with Crippen molar-refractivity contribution in [2.45, 2.75) is 20.8 Å². The Labute approximate surface area is 97.5 Å². The van der Waals surface area contributed by atoms with Crippen molar-refractivity contribution in [3.63, 3.8) is 0 Å². The molecule has 0 bridgehead atoms. The number of hydrogen-bond donors (Lipinski definition) is 0. The summed E-state index contributed by atoms with van der Waals surface area (Å²) in [5.41, 5.74) is 5.78. The van der Waals surface area contributed by atoms with Crippen LogP contribution in [0.15, 0.2) is 27.6 Å². The Morgan fingerprint density at radius 1 is 1.13 bits per heavy atom. The highest BCUT2D eigenvalue weighted by molar-refractivity contribution is 9.10. The number of rotatable bonds is 1. The van der Waals surface area contributed by atoms with E-state index >= 15 is 0 Å². The number of halogens is 1. The maximum atomic E-state index is 5.16. The van der Waals surface area contributed by atoms with E-state index in [4.69, 9.17) is 4.42 Å². The summed E-state index contributed by atoms with van der Waals surface area (Å²) in [5, 5.41) is 0. The first kappa shape index (κ1) is 10.4. The summed E-state index contributed by atoms with van der Waals surface area (Å²) < 4.78 is 5.16. The quantitative estimate of drug-likeness (QED) is 0.778. The molecule has 0 aliphatic heterocycles. The molecule has 1 heterocycles. The van der Waals surface area contributed by atoms with Crippen molar-refractivity contribution in [1.29, 1.82) is 0 Å². The highest BCUT2D eigenvalue weighted by Gasteiger charge is 2.10. The van der Waals surface area contributed by atoms with Gasteiger partial charge in [-0.25, -0.2) is 4.98 Å². The van der Waals surface area contributed by atoms with Crippen LogP contribution in [-0.4, -0.2) is 4.98 Å². The molecule has 0 aliphatic rings. The Kier molecular flexibility index (Phi) is 2.65. The van der Waals surface area contributed by atoms with Crippen LogP contribution in [0.5, 0.6) is 0 Å². The first-order chi connectivity index (χ1) is 7.08. The number of aryl methyl sites for hydroxylation is 3. The van der Waals surface area contributed by atoms with Crippen LogP contribution in [0.4, 0.5) is 0 Å². The van der Waals surface area contributed by atoms with Crippen molar-refractivity contribution in [3.8, 4) is 11.3 Å². The number of hydrogen-bond acceptors (Lipinski definition) is 2. The zero-order valence-electron chi connectivity index (χ0n) is 8.97. The average Bonchev–Trinajstić information content (AvgIpc) is 2.49. The Morgan fingerprint density at radius 3 is 2.20 bits per heavy atom. The van der Waals surface area contributed by atoms with E-state index < -0.39 is 0 Å². The maximum absolute atomic E-state index is 5.16. The molecule has 1 aromatic carbocycles. The highest BCUT2D eigenvalue weighted by Crippen LogP contribution is 2.28. The van der Waals surface area contributed by atoms with Crippen molar-refractivity contribution in [2.75, 3.05) is 0 Å². The SMILES string of the molecule is Cc1cc(C)c(-c2coc(Br)n2)c(C)c1. The second-order valence-electron chi connectivity index (χ2n) is 3.76. The first-order valence-electron chi connectivity index (χ1n) is 4.77. The summed E-state index contributed by atoms with van der Waals surface area (Å²) in [4.78, 5) is 4.81. The van der Waals surface area contributed by atoms with Gasteiger partial charge in [0.25, 0.3) is 4.80 Å². The largest absolute Gasteiger partial charge is 0.439 e. The minimum atomic E-state index is 0.525. The van der Waals surface area contributed by atoms with Crippen LogP contribution in [0.2, 0.25) is 0 Å². The third-order valence-electron chi connectivity index (χ3n) is 2.41. The fraction of sp³-hybridized carbons (Fsp3) is 0.250. The zero-order valence-corrected chi connectivity index (χ0v) is 10.6. The van der Waals surface area contributed by atoms with Crippen LogP contribution in [0.3, 0.4) is 0 Å². The summed E-state index contributed by atoms with van der Waals surface area (Å²) >= 11 is 3.22. The number of benzene rings is 1. The lowest BCUT2D eigenvalue weighted by atomic mass is 9.98. The number of nitrogens with zero attached hydrogens (tertiary/aromatic N) is 1. The first-order valence-corrected chi connectivity index (χ1v) is 5.56. The molecule has 78 valence electrons. The van der Waals surface area contributed by atoms with Gasteiger partial charge in [0.2, 0.25) is 0 Å². The van der Waals surface area contributed by atoms with Gasteiger partial charge in [0, 0.05) is 21.5 Å². The van der Waals surface area contributed by atoms with Crippen molar-refractivity contribution >= 4 is 15.9 Å². The summed E-state index contributed by atoms with van der Waals surface area (Å²) in [6, 6.07) is 4.32. The third-order valence-corrected chi connectivity index (χ3v) is 2.77. The predicted molar refractivity (Wildman–Crippen MR) is 63.9 cm³/mol. The highest BCUT2D eigenvalue weighted by atomic mass is 79.9. The molecule has 0 N–H and O–H groups in total. The molecule has 0 unspecified atom stereocenters. The lowest BCUT2D eigenvalue weighted by Gasteiger charge is -2.07. The van der Waals surface area contributed by atoms with Gasteiger partial charge in [0.15, 0.2) is 0 Å². The molecule has 0 saturated heterocycles. The zero-order chi connectivity index (χ0) is 11.0. The van der Waals surface area contributed by atoms with Gasteiger partial charge in [-0.2, -0.15) is 0 Å². The summed E-state index contributed by atoms with van der Waals surface area (Å²) in [6.45, 7) is 6.29. The Bertz CT molecular complexity index is 479. The van der Waals surface area contributed by atoms with E-state index in [0.29, 0.717) is 4.80 Å². The maximum Gasteiger partial charge on any atom is 0.264 e. The van der Waals surface area contributed by atoms with Crippen LogP contribution < -0.4 is 0 Å². The van der Waals surface area contributed by atoms with E-state index in [-0.39, 0.29) is 0 Å². The molecule has 3 heteroatoms. The van der Waals surface area contributed by atoms with E-state index in [1.165, 1.54) is 16.7 Å². The van der Waals surface area contributed by atoms with Crippen LogP contribution in [0.1, 0.15) is 16.7 Å². The van der Waals surface area contributed by atoms with Crippen LogP contribution in [-0.2, 0) is 0 Å². The fourth-order valence-electron chi connectivity index (χ4n) is 1.95. The van der Waals surface area contributed by atoms with Crippen molar-refractivity contribution in [1.82, 2.24) is 4.98 Å². The van der Waals surface area contributed by atoms with Crippen molar-refractivity contribution < 1.29 is 4.42 Å². The van der Waals surface area contributed by atoms with Gasteiger partial charge < -0.3 is 4.42 Å². The van der Waals surface area contributed by atoms with E-state index in [0.717, 1.165) is 11.3 Å². The minimum absolute atomic E-state index is 0.525. The predicted octanol–water partition coefficient (Wildman–Crippen LogP) is 4.03. The molecule has 1 aromatic heterocycles. The molecule has 0 spiro atoms. The van der Waals surface area contributed by atoms with E-state index in [2.05, 4.69) is 53.8 Å². The van der Waals surface area contributed by atoms with Gasteiger partial charge in [0.1, 0.15) is 12.0 Å². The normalized spacial score (nSPS) is 10.7. The molecule has 0 saturated carbocycles. The van der Waals surface area contributed by atoms with E-state index in [1.807, 2.05) is 0 Å². The molecule has 15 heavy (non-hydrogen) atoms. The smallest absolute Gasteiger partial charge is 0.264 e. The molecule has 2 aromatic rings. The van der Waals surface area contributed by atoms with Gasteiger partial charge in [-0.1, -0.05) is 17.7 Å². The van der Waals surface area contributed by atoms with E-state index in [9.17, 15) is 0 Å². The molecule has 0 amide bonds. The molecule has 0 radical (unpaired) electrons. The second-order valence-corrected chi connectivity index (χ2v) is 4.44. The molecule has 0 fully saturated rings. The lowest BCUT2D eigenvalue weighted by Crippen LogP contribution is -1.89. The van der Waals surface area contributed by atoms with Gasteiger partial charge in [-0.15, -0.1) is 0 Å². The summed E-state index contributed by atoms with van der Waals surface area (Å²) in [5.74, 6) is 0. The topological polar surface area (TPSA) is 26.0 Å². The minimum Gasteiger partial charge on any atom is -0.439 e.